The van der Waals surface area contributed by atoms with E-state index in [-0.39, 0.29) is 11.3 Å². The topological polar surface area (TPSA) is 42.0 Å². The summed E-state index contributed by atoms with van der Waals surface area (Å²) in [6, 6.07) is 3.79. The number of pyridine rings is 1. The minimum Gasteiger partial charge on any atom is -0.310 e. The third-order valence-electron chi connectivity index (χ3n) is 2.71. The molecule has 1 aliphatic carbocycles. The summed E-state index contributed by atoms with van der Waals surface area (Å²) < 4.78 is 0. The van der Waals surface area contributed by atoms with Gasteiger partial charge in [0.2, 0.25) is 5.91 Å². The first-order valence-corrected chi connectivity index (χ1v) is 4.84. The second kappa shape index (κ2) is 3.08. The summed E-state index contributed by atoms with van der Waals surface area (Å²) in [6.07, 6.45) is 3.69. The number of hydrogen-bond acceptors (Lipinski definition) is 2. The number of nitrogens with one attached hydrogen (secondary N) is 1. The van der Waals surface area contributed by atoms with Gasteiger partial charge in [-0.05, 0) is 37.5 Å². The van der Waals surface area contributed by atoms with Crippen LogP contribution in [0.4, 0.5) is 5.82 Å². The summed E-state index contributed by atoms with van der Waals surface area (Å²) in [6.45, 7) is 3.97. The lowest BCUT2D eigenvalue weighted by Gasteiger charge is -2.08. The van der Waals surface area contributed by atoms with Crippen LogP contribution in [-0.4, -0.2) is 10.9 Å². The zero-order chi connectivity index (χ0) is 10.2. The highest BCUT2D eigenvalue weighted by molar-refractivity contribution is 5.96. The van der Waals surface area contributed by atoms with Gasteiger partial charge in [0.15, 0.2) is 0 Å². The van der Waals surface area contributed by atoms with Gasteiger partial charge >= 0.3 is 0 Å². The molecule has 1 amide bonds. The highest BCUT2D eigenvalue weighted by atomic mass is 16.2. The van der Waals surface area contributed by atoms with Gasteiger partial charge in [-0.3, -0.25) is 4.79 Å². The molecule has 2 rings (SSSR count). The maximum Gasteiger partial charge on any atom is 0.231 e. The molecule has 0 spiro atoms. The molecule has 0 aliphatic heterocycles. The van der Waals surface area contributed by atoms with Crippen molar-refractivity contribution in [2.24, 2.45) is 5.41 Å². The van der Waals surface area contributed by atoms with Gasteiger partial charge in [0.25, 0.3) is 0 Å². The maximum atomic E-state index is 11.7. The normalized spacial score (nSPS) is 17.6. The van der Waals surface area contributed by atoms with Gasteiger partial charge in [0, 0.05) is 11.6 Å². The summed E-state index contributed by atoms with van der Waals surface area (Å²) in [4.78, 5) is 15.7. The number of amides is 1. The number of nitrogens with zero attached hydrogens (tertiary/aromatic N) is 1. The Morgan fingerprint density at radius 3 is 2.86 bits per heavy atom. The number of anilines is 1. The molecule has 1 fully saturated rings. The van der Waals surface area contributed by atoms with Crippen LogP contribution in [0.15, 0.2) is 18.3 Å². The van der Waals surface area contributed by atoms with Crippen LogP contribution in [0.3, 0.4) is 0 Å². The van der Waals surface area contributed by atoms with Crippen LogP contribution in [0.5, 0.6) is 0 Å². The van der Waals surface area contributed by atoms with E-state index in [4.69, 9.17) is 0 Å². The molecule has 1 saturated carbocycles. The second-order valence-corrected chi connectivity index (χ2v) is 4.23. The third-order valence-corrected chi connectivity index (χ3v) is 2.71. The number of carbonyl (C=O) groups excluding carboxylic acids is 1. The smallest absolute Gasteiger partial charge is 0.231 e. The Bertz CT molecular complexity index is 369. The van der Waals surface area contributed by atoms with Gasteiger partial charge in [-0.1, -0.05) is 6.92 Å². The van der Waals surface area contributed by atoms with Crippen LogP contribution in [-0.2, 0) is 4.79 Å². The van der Waals surface area contributed by atoms with Gasteiger partial charge in [0.1, 0.15) is 5.82 Å². The van der Waals surface area contributed by atoms with Crippen LogP contribution >= 0.6 is 0 Å². The Kier molecular flexibility index (Phi) is 2.02. The fourth-order valence-electron chi connectivity index (χ4n) is 1.29. The standard InChI is InChI=1S/C11H14N2O/c1-8-3-6-12-9(7-8)13-10(14)11(2)4-5-11/h3,6-7H,4-5H2,1-2H3,(H,12,13,14). The summed E-state index contributed by atoms with van der Waals surface area (Å²) in [5, 5.41) is 2.84. The van der Waals surface area contributed by atoms with Crippen molar-refractivity contribution in [2.75, 3.05) is 5.32 Å². The Labute approximate surface area is 83.5 Å². The summed E-state index contributed by atoms with van der Waals surface area (Å²) in [5.74, 6) is 0.749. The van der Waals surface area contributed by atoms with Crippen LogP contribution in [0.2, 0.25) is 0 Å². The van der Waals surface area contributed by atoms with Crippen molar-refractivity contribution in [1.29, 1.82) is 0 Å². The van der Waals surface area contributed by atoms with Gasteiger partial charge < -0.3 is 5.32 Å². The van der Waals surface area contributed by atoms with Crippen molar-refractivity contribution in [3.63, 3.8) is 0 Å². The Hall–Kier alpha value is -1.38. The van der Waals surface area contributed by atoms with E-state index in [1.807, 2.05) is 26.0 Å². The van der Waals surface area contributed by atoms with E-state index in [0.29, 0.717) is 5.82 Å². The van der Waals surface area contributed by atoms with Crippen LogP contribution in [0.1, 0.15) is 25.3 Å². The van der Waals surface area contributed by atoms with Gasteiger partial charge in [0.05, 0.1) is 0 Å². The van der Waals surface area contributed by atoms with E-state index < -0.39 is 0 Å². The first-order chi connectivity index (χ1) is 6.60. The minimum atomic E-state index is -0.134. The average molecular weight is 190 g/mol. The Morgan fingerprint density at radius 2 is 2.29 bits per heavy atom. The molecule has 1 aromatic rings. The molecule has 0 atom stereocenters. The van der Waals surface area contributed by atoms with Crippen molar-refractivity contribution >= 4 is 11.7 Å². The molecule has 14 heavy (non-hydrogen) atoms. The zero-order valence-corrected chi connectivity index (χ0v) is 8.50. The van der Waals surface area contributed by atoms with Crippen LogP contribution < -0.4 is 5.32 Å². The van der Waals surface area contributed by atoms with Gasteiger partial charge in [-0.15, -0.1) is 0 Å². The highest BCUT2D eigenvalue weighted by Gasteiger charge is 2.44. The predicted molar refractivity (Wildman–Crippen MR) is 54.9 cm³/mol. The lowest BCUT2D eigenvalue weighted by Crippen LogP contribution is -2.21. The van der Waals surface area contributed by atoms with Crippen LogP contribution in [0, 0.1) is 12.3 Å². The Balaban J connectivity index is 2.07. The number of hydrogen-bond donors (Lipinski definition) is 1. The monoisotopic (exact) mass is 190 g/mol. The molecule has 0 radical (unpaired) electrons. The van der Waals surface area contributed by atoms with E-state index in [1.165, 1.54) is 0 Å². The van der Waals surface area contributed by atoms with E-state index in [0.717, 1.165) is 18.4 Å². The van der Waals surface area contributed by atoms with Crippen molar-refractivity contribution < 1.29 is 4.79 Å². The molecule has 1 N–H and O–H groups in total. The molecule has 1 heterocycles. The molecule has 74 valence electrons. The van der Waals surface area contributed by atoms with E-state index in [1.54, 1.807) is 6.20 Å². The lowest BCUT2D eigenvalue weighted by atomic mass is 10.1. The Morgan fingerprint density at radius 1 is 1.57 bits per heavy atom. The SMILES string of the molecule is Cc1ccnc(NC(=O)C2(C)CC2)c1. The predicted octanol–water partition coefficient (Wildman–Crippen LogP) is 2.13. The number of rotatable bonds is 2. The molecule has 3 heteroatoms. The summed E-state index contributed by atoms with van der Waals surface area (Å²) >= 11 is 0. The summed E-state index contributed by atoms with van der Waals surface area (Å²) in [7, 11) is 0. The van der Waals surface area contributed by atoms with E-state index >= 15 is 0 Å². The zero-order valence-electron chi connectivity index (χ0n) is 8.50. The second-order valence-electron chi connectivity index (χ2n) is 4.23. The molecule has 1 aliphatic rings. The van der Waals surface area contributed by atoms with Crippen molar-refractivity contribution in [3.8, 4) is 0 Å². The fraction of sp³-hybridized carbons (Fsp3) is 0.455. The number of carbonyl (C=O) groups is 1. The number of aromatic nitrogens is 1. The third kappa shape index (κ3) is 1.76. The van der Waals surface area contributed by atoms with Crippen molar-refractivity contribution in [2.45, 2.75) is 26.7 Å². The fourth-order valence-corrected chi connectivity index (χ4v) is 1.29. The van der Waals surface area contributed by atoms with Crippen LogP contribution in [0.25, 0.3) is 0 Å². The quantitative estimate of drug-likeness (QED) is 0.776. The molecule has 0 unspecified atom stereocenters. The highest BCUT2D eigenvalue weighted by Crippen LogP contribution is 2.45. The van der Waals surface area contributed by atoms with Crippen molar-refractivity contribution in [1.82, 2.24) is 4.98 Å². The first-order valence-electron chi connectivity index (χ1n) is 4.84. The van der Waals surface area contributed by atoms with Gasteiger partial charge in [-0.2, -0.15) is 0 Å². The average Bonchev–Trinajstić information content (AvgIpc) is 2.85. The first kappa shape index (κ1) is 9.19. The lowest BCUT2D eigenvalue weighted by molar-refractivity contribution is -0.120. The molecule has 0 aromatic carbocycles. The number of aryl methyl sites for hydroxylation is 1. The molecule has 3 nitrogen and oxygen atoms in total. The summed E-state index contributed by atoms with van der Waals surface area (Å²) in [5.41, 5.74) is 0.974. The molecule has 1 aromatic heterocycles. The molecule has 0 bridgehead atoms. The maximum absolute atomic E-state index is 11.7. The van der Waals surface area contributed by atoms with E-state index in [9.17, 15) is 4.79 Å². The molecular weight excluding hydrogens is 176 g/mol. The van der Waals surface area contributed by atoms with Gasteiger partial charge in [-0.25, -0.2) is 4.98 Å². The largest absolute Gasteiger partial charge is 0.310 e. The molecule has 0 saturated heterocycles. The molecular formula is C11H14N2O. The van der Waals surface area contributed by atoms with E-state index in [2.05, 4.69) is 10.3 Å². The van der Waals surface area contributed by atoms with Crippen molar-refractivity contribution in [3.05, 3.63) is 23.9 Å². The minimum absolute atomic E-state index is 0.0931.